The third-order valence-corrected chi connectivity index (χ3v) is 21.3. The van der Waals surface area contributed by atoms with Crippen molar-refractivity contribution >= 4 is 112 Å². The molecule has 108 heavy (non-hydrogen) atoms. The summed E-state index contributed by atoms with van der Waals surface area (Å²) >= 11 is 0. The van der Waals surface area contributed by atoms with Gasteiger partial charge in [0.15, 0.2) is 0 Å². The van der Waals surface area contributed by atoms with Gasteiger partial charge in [0.05, 0.1) is 22.1 Å². The van der Waals surface area contributed by atoms with Crippen molar-refractivity contribution in [3.05, 3.63) is 411 Å². The van der Waals surface area contributed by atoms with E-state index in [-0.39, 0.29) is 0 Å². The molecule has 0 aliphatic carbocycles. The second-order valence-electron chi connectivity index (χ2n) is 28.0. The van der Waals surface area contributed by atoms with Crippen LogP contribution in [0.2, 0.25) is 0 Å². The minimum Gasteiger partial charge on any atom is -0.311 e. The van der Waals surface area contributed by atoms with Crippen LogP contribution in [0.15, 0.2) is 394 Å². The topological polar surface area (TPSA) is 22.8 Å². The van der Waals surface area contributed by atoms with Crippen LogP contribution in [-0.4, -0.2) is 9.13 Å². The van der Waals surface area contributed by atoms with Crippen LogP contribution in [0.1, 0.15) is 95.2 Å². The van der Waals surface area contributed by atoms with E-state index in [4.69, 9.17) is 0 Å². The summed E-state index contributed by atoms with van der Waals surface area (Å²) in [5, 5.41) is 5.08. The summed E-state index contributed by atoms with van der Waals surface area (Å²) in [6.07, 6.45) is 3.43. The predicted octanol–water partition coefficient (Wildman–Crippen LogP) is 29.7. The van der Waals surface area contributed by atoms with Crippen LogP contribution < -0.4 is 19.6 Å². The molecule has 0 bridgehead atoms. The van der Waals surface area contributed by atoms with E-state index in [9.17, 15) is 0 Å². The smallest absolute Gasteiger partial charge is 0.0542 e. The van der Waals surface area contributed by atoms with Gasteiger partial charge in [0.2, 0.25) is 0 Å². The van der Waals surface area contributed by atoms with Gasteiger partial charge in [-0.2, -0.15) is 0 Å². The van der Waals surface area contributed by atoms with Gasteiger partial charge in [0, 0.05) is 101 Å². The fraction of sp³-hybridized carbons (Fsp3) is 0.118. The average Bonchev–Trinajstić information content (AvgIpc) is 1.61. The Kier molecular flexibility index (Phi) is 21.6. The zero-order chi connectivity index (χ0) is 73.7. The van der Waals surface area contributed by atoms with Crippen molar-refractivity contribution in [2.45, 2.75) is 78.6 Å². The highest BCUT2D eigenvalue weighted by Gasteiger charge is 2.21. The first kappa shape index (κ1) is 70.7. The average molecular weight is 1400 g/mol. The zero-order valence-corrected chi connectivity index (χ0v) is 62.6. The number of rotatable bonds is 20. The largest absolute Gasteiger partial charge is 0.311 e. The first-order chi connectivity index (χ1) is 53.2. The maximum absolute atomic E-state index is 2.36. The number of fused-ring (bicyclic) bond motifs is 6. The molecular weight excluding hydrogens is 1310 g/mol. The van der Waals surface area contributed by atoms with E-state index in [2.05, 4.69) is 465 Å². The molecule has 0 fully saturated rings. The summed E-state index contributed by atoms with van der Waals surface area (Å²) in [4.78, 5) is 9.29. The monoisotopic (exact) mass is 1400 g/mol. The van der Waals surface area contributed by atoms with Crippen molar-refractivity contribution in [3.63, 3.8) is 0 Å². The standard InChI is InChI=1S/2C34H30N2.C34H32N2/c1-3-25(2)26-18-20-29(21-19-26)35(27-12-6-4-7-13-27)30-22-23-34-32(24-30)31-16-10-11-17-33(31)36(34)28-14-8-5-9-15-28;1-3-25(2)26-17-19-28(20-18-26)35(27-11-5-4-6-12-27)29-21-23-30(24-22-29)36-33-15-9-7-13-31(33)32-14-8-10-16-34(32)36;1-3-27(2)28-19-21-32(22-20-28)36(31-17-11-6-12-18-31)34-25-23-33(24-26-34)35(29-13-7-4-8-14-29)30-15-9-5-10-16-30/h2*4-25H,3H2,1-2H3;4-27H,3H2,1-2H3. The Morgan fingerprint density at radius 1 is 0.194 bits per heavy atom. The normalized spacial score (nSPS) is 12.0. The van der Waals surface area contributed by atoms with Crippen LogP contribution in [0.25, 0.3) is 55.0 Å². The fourth-order valence-electron chi connectivity index (χ4n) is 14.9. The molecule has 0 aliphatic rings. The molecule has 17 aromatic rings. The number of nitrogens with zero attached hydrogens (tertiary/aromatic N) is 6. The summed E-state index contributed by atoms with van der Waals surface area (Å²) in [6, 6.07) is 141. The minimum atomic E-state index is 0.560. The van der Waals surface area contributed by atoms with Crippen LogP contribution >= 0.6 is 0 Å². The van der Waals surface area contributed by atoms with Crippen molar-refractivity contribution in [3.8, 4) is 11.4 Å². The summed E-state index contributed by atoms with van der Waals surface area (Å²) in [7, 11) is 0. The van der Waals surface area contributed by atoms with Gasteiger partial charge in [-0.25, -0.2) is 0 Å². The second-order valence-corrected chi connectivity index (χ2v) is 28.0. The molecule has 15 aromatic carbocycles. The summed E-state index contributed by atoms with van der Waals surface area (Å²) in [6.45, 7) is 13.6. The maximum Gasteiger partial charge on any atom is 0.0542 e. The van der Waals surface area contributed by atoms with Gasteiger partial charge in [-0.15, -0.1) is 0 Å². The lowest BCUT2D eigenvalue weighted by Gasteiger charge is -2.28. The van der Waals surface area contributed by atoms with Gasteiger partial charge < -0.3 is 28.7 Å². The molecule has 0 amide bonds. The lowest BCUT2D eigenvalue weighted by atomic mass is 9.98. The molecule has 0 saturated carbocycles. The van der Waals surface area contributed by atoms with Gasteiger partial charge in [-0.05, 0) is 248 Å². The Bertz CT molecular complexity index is 5620. The quantitative estimate of drug-likeness (QED) is 0.0758. The van der Waals surface area contributed by atoms with E-state index in [1.165, 1.54) is 71.7 Å². The van der Waals surface area contributed by atoms with Gasteiger partial charge >= 0.3 is 0 Å². The summed E-state index contributed by atoms with van der Waals surface area (Å²) in [5.41, 5.74) is 25.1. The van der Waals surface area contributed by atoms with E-state index in [0.717, 1.165) is 87.5 Å². The Morgan fingerprint density at radius 2 is 0.398 bits per heavy atom. The molecule has 2 aromatic heterocycles. The third-order valence-electron chi connectivity index (χ3n) is 21.3. The first-order valence-electron chi connectivity index (χ1n) is 38.3. The predicted molar refractivity (Wildman–Crippen MR) is 463 cm³/mol. The summed E-state index contributed by atoms with van der Waals surface area (Å²) < 4.78 is 4.73. The van der Waals surface area contributed by atoms with Gasteiger partial charge in [-0.3, -0.25) is 0 Å². The molecule has 0 N–H and O–H groups in total. The fourth-order valence-corrected chi connectivity index (χ4v) is 14.9. The molecule has 0 spiro atoms. The van der Waals surface area contributed by atoms with Crippen LogP contribution in [0.4, 0.5) is 68.2 Å². The van der Waals surface area contributed by atoms with Gasteiger partial charge in [-0.1, -0.05) is 242 Å². The van der Waals surface area contributed by atoms with Gasteiger partial charge in [0.1, 0.15) is 0 Å². The SMILES string of the molecule is CCC(C)c1ccc(N(c2ccccc2)c2ccc(-n3c4ccccc4c4ccccc43)cc2)cc1.CCC(C)c1ccc(N(c2ccccc2)c2ccc(N(c3ccccc3)c3ccccc3)cc2)cc1.CCC(C)c1ccc(N(c2ccccc2)c2ccc3c(c2)c2ccccc2n3-c2ccccc2)cc1. The van der Waals surface area contributed by atoms with E-state index in [1.807, 2.05) is 0 Å². The zero-order valence-electron chi connectivity index (χ0n) is 62.6. The molecule has 2 heterocycles. The molecule has 17 rings (SSSR count). The minimum absolute atomic E-state index is 0.560. The van der Waals surface area contributed by atoms with Crippen molar-refractivity contribution < 1.29 is 0 Å². The Morgan fingerprint density at radius 3 is 0.694 bits per heavy atom. The number of para-hydroxylation sites is 9. The van der Waals surface area contributed by atoms with E-state index < -0.39 is 0 Å². The number of hydrogen-bond donors (Lipinski definition) is 0. The number of benzene rings is 15. The lowest BCUT2D eigenvalue weighted by Crippen LogP contribution is -2.12. The Hall–Kier alpha value is -12.9. The molecule has 530 valence electrons. The molecule has 6 heteroatoms. The van der Waals surface area contributed by atoms with Crippen molar-refractivity contribution in [2.75, 3.05) is 19.6 Å². The van der Waals surface area contributed by atoms with E-state index in [0.29, 0.717) is 17.8 Å². The molecule has 6 nitrogen and oxygen atoms in total. The number of hydrogen-bond acceptors (Lipinski definition) is 4. The third kappa shape index (κ3) is 15.0. The second kappa shape index (κ2) is 33.0. The van der Waals surface area contributed by atoms with Crippen molar-refractivity contribution in [1.82, 2.24) is 9.13 Å². The Balaban J connectivity index is 0.000000129. The number of anilines is 12. The highest BCUT2D eigenvalue weighted by Crippen LogP contribution is 2.44. The molecule has 0 radical (unpaired) electrons. The molecule has 0 aliphatic heterocycles. The van der Waals surface area contributed by atoms with Crippen LogP contribution in [0, 0.1) is 0 Å². The number of aromatic nitrogens is 2. The molecule has 3 atom stereocenters. The molecule has 3 unspecified atom stereocenters. The van der Waals surface area contributed by atoms with Crippen molar-refractivity contribution in [1.29, 1.82) is 0 Å². The highest BCUT2D eigenvalue weighted by atomic mass is 15.2. The summed E-state index contributed by atoms with van der Waals surface area (Å²) in [5.74, 6) is 1.69. The molecule has 0 saturated heterocycles. The van der Waals surface area contributed by atoms with Crippen LogP contribution in [0.5, 0.6) is 0 Å². The van der Waals surface area contributed by atoms with Crippen LogP contribution in [-0.2, 0) is 0 Å². The van der Waals surface area contributed by atoms with Gasteiger partial charge in [0.25, 0.3) is 0 Å². The van der Waals surface area contributed by atoms with E-state index in [1.54, 1.807) is 0 Å². The van der Waals surface area contributed by atoms with Crippen LogP contribution in [0.3, 0.4) is 0 Å². The molecular formula is C102H92N6. The van der Waals surface area contributed by atoms with E-state index >= 15 is 0 Å². The van der Waals surface area contributed by atoms with Crippen molar-refractivity contribution in [2.24, 2.45) is 0 Å². The first-order valence-corrected chi connectivity index (χ1v) is 38.3. The lowest BCUT2D eigenvalue weighted by molar-refractivity contribution is 0.733. The highest BCUT2D eigenvalue weighted by molar-refractivity contribution is 6.11. The Labute approximate surface area is 637 Å². The maximum atomic E-state index is 2.36.